The number of nitrogens with zero attached hydrogens (tertiary/aromatic N) is 1. The van der Waals surface area contributed by atoms with Crippen LogP contribution < -0.4 is 0 Å². The van der Waals surface area contributed by atoms with Gasteiger partial charge in [0.15, 0.2) is 0 Å². The van der Waals surface area contributed by atoms with Gasteiger partial charge in [-0.05, 0) is 40.0 Å². The summed E-state index contributed by atoms with van der Waals surface area (Å²) in [6.07, 6.45) is 5.07. The molecular weight excluding hydrogens is 294 g/mol. The molecule has 0 amide bonds. The van der Waals surface area contributed by atoms with E-state index >= 15 is 0 Å². The van der Waals surface area contributed by atoms with Crippen molar-refractivity contribution in [2.75, 3.05) is 12.4 Å². The van der Waals surface area contributed by atoms with Crippen LogP contribution in [-0.2, 0) is 0 Å². The Kier molecular flexibility index (Phi) is 5.95. The molecule has 0 aliphatic carbocycles. The van der Waals surface area contributed by atoms with Crippen LogP contribution >= 0.6 is 11.8 Å². The zero-order chi connectivity index (χ0) is 16.2. The summed E-state index contributed by atoms with van der Waals surface area (Å²) in [5.41, 5.74) is -0.588. The van der Waals surface area contributed by atoms with Crippen LogP contribution in [0.5, 0.6) is 0 Å². The molecule has 0 aliphatic heterocycles. The van der Waals surface area contributed by atoms with Gasteiger partial charge < -0.3 is 14.8 Å². The van der Waals surface area contributed by atoms with Crippen molar-refractivity contribution < 1.29 is 10.2 Å². The van der Waals surface area contributed by atoms with Crippen molar-refractivity contribution in [3.8, 4) is 0 Å². The first-order valence-electron chi connectivity index (χ1n) is 7.98. The SMILES string of the molecule is CC(CCCC(C)(C)O)n1cc2ccccc2c1SCCO. The Morgan fingerprint density at radius 2 is 2.00 bits per heavy atom. The van der Waals surface area contributed by atoms with Gasteiger partial charge in [0.25, 0.3) is 0 Å². The Morgan fingerprint density at radius 1 is 1.27 bits per heavy atom. The highest BCUT2D eigenvalue weighted by Crippen LogP contribution is 2.33. The van der Waals surface area contributed by atoms with Crippen LogP contribution in [0, 0.1) is 0 Å². The molecular formula is C18H27NO2S. The predicted molar refractivity (Wildman–Crippen MR) is 94.6 cm³/mol. The van der Waals surface area contributed by atoms with E-state index in [0.29, 0.717) is 11.8 Å². The molecule has 2 N–H and O–H groups in total. The summed E-state index contributed by atoms with van der Waals surface area (Å²) in [6.45, 7) is 6.15. The monoisotopic (exact) mass is 321 g/mol. The van der Waals surface area contributed by atoms with Crippen molar-refractivity contribution >= 4 is 22.5 Å². The fourth-order valence-electron chi connectivity index (χ4n) is 2.74. The Hall–Kier alpha value is -0.970. The smallest absolute Gasteiger partial charge is 0.0831 e. The average molecular weight is 321 g/mol. The Balaban J connectivity index is 2.17. The molecule has 122 valence electrons. The topological polar surface area (TPSA) is 45.4 Å². The molecule has 2 aromatic rings. The lowest BCUT2D eigenvalue weighted by atomic mass is 10.00. The molecule has 0 fully saturated rings. The molecule has 1 aromatic carbocycles. The lowest BCUT2D eigenvalue weighted by molar-refractivity contribution is 0.0671. The van der Waals surface area contributed by atoms with Crippen LogP contribution in [-0.4, -0.2) is 32.7 Å². The summed E-state index contributed by atoms with van der Waals surface area (Å²) < 4.78 is 2.33. The second kappa shape index (κ2) is 7.53. The maximum atomic E-state index is 9.85. The van der Waals surface area contributed by atoms with E-state index in [0.717, 1.165) is 19.3 Å². The van der Waals surface area contributed by atoms with E-state index in [1.807, 2.05) is 13.8 Å². The Morgan fingerprint density at radius 3 is 2.68 bits per heavy atom. The number of aliphatic hydroxyl groups excluding tert-OH is 1. The molecule has 0 saturated heterocycles. The van der Waals surface area contributed by atoms with Crippen molar-refractivity contribution in [1.29, 1.82) is 0 Å². The highest BCUT2D eigenvalue weighted by Gasteiger charge is 2.16. The number of benzene rings is 1. The number of aliphatic hydroxyl groups is 2. The van der Waals surface area contributed by atoms with Gasteiger partial charge in [-0.1, -0.05) is 24.3 Å². The highest BCUT2D eigenvalue weighted by atomic mass is 32.2. The van der Waals surface area contributed by atoms with Gasteiger partial charge in [-0.2, -0.15) is 0 Å². The van der Waals surface area contributed by atoms with Crippen molar-refractivity contribution in [2.24, 2.45) is 0 Å². The van der Waals surface area contributed by atoms with E-state index < -0.39 is 5.60 Å². The first-order valence-corrected chi connectivity index (χ1v) is 8.96. The number of rotatable bonds is 8. The van der Waals surface area contributed by atoms with Crippen LogP contribution in [0.3, 0.4) is 0 Å². The number of hydrogen-bond acceptors (Lipinski definition) is 3. The molecule has 1 unspecified atom stereocenters. The Bertz CT molecular complexity index is 601. The van der Waals surface area contributed by atoms with Crippen LogP contribution in [0.15, 0.2) is 35.5 Å². The minimum atomic E-state index is -0.588. The zero-order valence-corrected chi connectivity index (χ0v) is 14.6. The van der Waals surface area contributed by atoms with Gasteiger partial charge in [-0.25, -0.2) is 0 Å². The average Bonchev–Trinajstić information content (AvgIpc) is 2.82. The predicted octanol–water partition coefficient (Wildman–Crippen LogP) is 4.23. The van der Waals surface area contributed by atoms with Crippen LogP contribution in [0.1, 0.15) is 46.1 Å². The van der Waals surface area contributed by atoms with E-state index in [1.54, 1.807) is 11.8 Å². The third kappa shape index (κ3) is 4.51. The van der Waals surface area contributed by atoms with Gasteiger partial charge in [0.2, 0.25) is 0 Å². The second-order valence-corrected chi connectivity index (χ2v) is 7.64. The van der Waals surface area contributed by atoms with Crippen LogP contribution in [0.25, 0.3) is 10.8 Å². The number of aromatic nitrogens is 1. The summed E-state index contributed by atoms with van der Waals surface area (Å²) in [4.78, 5) is 0. The van der Waals surface area contributed by atoms with E-state index in [9.17, 15) is 5.11 Å². The van der Waals surface area contributed by atoms with Crippen molar-refractivity contribution in [3.05, 3.63) is 30.5 Å². The fraction of sp³-hybridized carbons (Fsp3) is 0.556. The molecule has 22 heavy (non-hydrogen) atoms. The van der Waals surface area contributed by atoms with E-state index in [-0.39, 0.29) is 6.61 Å². The van der Waals surface area contributed by atoms with Crippen molar-refractivity contribution in [3.63, 3.8) is 0 Å². The maximum Gasteiger partial charge on any atom is 0.0831 e. The number of fused-ring (bicyclic) bond motifs is 1. The minimum Gasteiger partial charge on any atom is -0.396 e. The van der Waals surface area contributed by atoms with Gasteiger partial charge in [-0.3, -0.25) is 0 Å². The van der Waals surface area contributed by atoms with Gasteiger partial charge in [0, 0.05) is 28.8 Å². The minimum absolute atomic E-state index is 0.192. The summed E-state index contributed by atoms with van der Waals surface area (Å²) >= 11 is 1.71. The molecule has 0 radical (unpaired) electrons. The van der Waals surface area contributed by atoms with Gasteiger partial charge in [-0.15, -0.1) is 11.8 Å². The molecule has 3 nitrogen and oxygen atoms in total. The standard InChI is InChI=1S/C18H27NO2S/c1-14(7-6-10-18(2,3)21)19-13-15-8-4-5-9-16(15)17(19)22-12-11-20/h4-5,8-9,13-14,20-21H,6-7,10-12H2,1-3H3. The summed E-state index contributed by atoms with van der Waals surface area (Å²) in [5, 5.41) is 22.7. The Labute approximate surface area is 137 Å². The van der Waals surface area contributed by atoms with Crippen LogP contribution in [0.2, 0.25) is 0 Å². The van der Waals surface area contributed by atoms with Gasteiger partial charge in [0.1, 0.15) is 0 Å². The maximum absolute atomic E-state index is 9.85. The second-order valence-electron chi connectivity index (χ2n) is 6.55. The molecule has 0 aliphatic rings. The quantitative estimate of drug-likeness (QED) is 0.715. The first kappa shape index (κ1) is 17.4. The molecule has 4 heteroatoms. The zero-order valence-electron chi connectivity index (χ0n) is 13.7. The fourth-order valence-corrected chi connectivity index (χ4v) is 3.75. The molecule has 0 bridgehead atoms. The van der Waals surface area contributed by atoms with Gasteiger partial charge in [0.05, 0.1) is 17.2 Å². The third-order valence-corrected chi connectivity index (χ3v) is 5.01. The summed E-state index contributed by atoms with van der Waals surface area (Å²) in [5.74, 6) is 0.713. The van der Waals surface area contributed by atoms with Gasteiger partial charge >= 0.3 is 0 Å². The third-order valence-electron chi connectivity index (χ3n) is 3.92. The molecule has 1 aromatic heterocycles. The van der Waals surface area contributed by atoms with Crippen molar-refractivity contribution in [1.82, 2.24) is 4.57 Å². The molecule has 1 heterocycles. The molecule has 2 rings (SSSR count). The normalized spacial score (nSPS) is 13.7. The van der Waals surface area contributed by atoms with E-state index in [2.05, 4.69) is 42.0 Å². The number of thioether (sulfide) groups is 1. The molecule has 1 atom stereocenters. The lowest BCUT2D eigenvalue weighted by Crippen LogP contribution is -2.18. The summed E-state index contributed by atoms with van der Waals surface area (Å²) in [6, 6.07) is 8.80. The molecule has 0 spiro atoms. The molecule has 0 saturated carbocycles. The highest BCUT2D eigenvalue weighted by molar-refractivity contribution is 7.99. The van der Waals surface area contributed by atoms with Crippen molar-refractivity contribution in [2.45, 2.75) is 56.7 Å². The number of hydrogen-bond donors (Lipinski definition) is 2. The largest absolute Gasteiger partial charge is 0.396 e. The van der Waals surface area contributed by atoms with E-state index in [4.69, 9.17) is 5.11 Å². The van der Waals surface area contributed by atoms with Crippen LogP contribution in [0.4, 0.5) is 0 Å². The summed E-state index contributed by atoms with van der Waals surface area (Å²) in [7, 11) is 0. The lowest BCUT2D eigenvalue weighted by Gasteiger charge is -2.20. The van der Waals surface area contributed by atoms with E-state index in [1.165, 1.54) is 15.8 Å². The first-order chi connectivity index (χ1) is 10.4.